The van der Waals surface area contributed by atoms with Gasteiger partial charge in [-0.15, -0.1) is 0 Å². The average Bonchev–Trinajstić information content (AvgIpc) is 3.21. The number of aromatic nitrogens is 1. The Labute approximate surface area is 216 Å². The van der Waals surface area contributed by atoms with E-state index in [4.69, 9.17) is 18.9 Å². The third-order valence-electron chi connectivity index (χ3n) is 5.88. The van der Waals surface area contributed by atoms with Crippen LogP contribution in [-0.2, 0) is 14.3 Å². The van der Waals surface area contributed by atoms with E-state index >= 15 is 0 Å². The summed E-state index contributed by atoms with van der Waals surface area (Å²) in [4.78, 5) is 43.6. The van der Waals surface area contributed by atoms with Gasteiger partial charge in [0.05, 0.1) is 49.3 Å². The van der Waals surface area contributed by atoms with Gasteiger partial charge in [-0.05, 0) is 55.8 Å². The number of thiazole rings is 1. The number of carbonyl (C=O) groups is 2. The molecule has 0 saturated heterocycles. The lowest BCUT2D eigenvalue weighted by molar-refractivity contribution is -0.139. The summed E-state index contributed by atoms with van der Waals surface area (Å²) in [5.41, 5.74) is 2.05. The summed E-state index contributed by atoms with van der Waals surface area (Å²) in [5, 5.41) is 0. The van der Waals surface area contributed by atoms with E-state index < -0.39 is 18.0 Å². The van der Waals surface area contributed by atoms with Crippen LogP contribution in [0, 0.1) is 0 Å². The van der Waals surface area contributed by atoms with Crippen molar-refractivity contribution < 1.29 is 28.5 Å². The molecule has 0 fully saturated rings. The van der Waals surface area contributed by atoms with Gasteiger partial charge in [-0.3, -0.25) is 9.36 Å². The van der Waals surface area contributed by atoms with Crippen LogP contribution in [0.5, 0.6) is 11.5 Å². The summed E-state index contributed by atoms with van der Waals surface area (Å²) in [6, 6.07) is 11.1. The molecule has 0 unspecified atom stereocenters. The molecular formula is C27H26N2O7S. The van der Waals surface area contributed by atoms with Crippen LogP contribution < -0.4 is 24.4 Å². The van der Waals surface area contributed by atoms with E-state index in [2.05, 4.69) is 4.99 Å². The molecule has 37 heavy (non-hydrogen) atoms. The van der Waals surface area contributed by atoms with Crippen molar-refractivity contribution in [3.63, 3.8) is 0 Å². The largest absolute Gasteiger partial charge is 0.497 e. The molecule has 2 heterocycles. The summed E-state index contributed by atoms with van der Waals surface area (Å²) in [7, 11) is 4.38. The predicted octanol–water partition coefficient (Wildman–Crippen LogP) is 2.60. The van der Waals surface area contributed by atoms with Crippen molar-refractivity contribution in [2.24, 2.45) is 4.99 Å². The minimum absolute atomic E-state index is 0.170. The average molecular weight is 523 g/mol. The van der Waals surface area contributed by atoms with Gasteiger partial charge in [-0.2, -0.15) is 0 Å². The minimum Gasteiger partial charge on any atom is -0.497 e. The summed E-state index contributed by atoms with van der Waals surface area (Å²) in [5.74, 6) is 0.0168. The van der Waals surface area contributed by atoms with Crippen LogP contribution in [0.1, 0.15) is 41.4 Å². The number of hydrogen-bond acceptors (Lipinski definition) is 9. The highest BCUT2D eigenvalue weighted by Crippen LogP contribution is 2.37. The molecule has 3 aromatic rings. The number of benzene rings is 2. The Morgan fingerprint density at radius 1 is 1.05 bits per heavy atom. The van der Waals surface area contributed by atoms with Crippen molar-refractivity contribution >= 4 is 29.4 Å². The molecule has 0 amide bonds. The number of hydrogen-bond donors (Lipinski definition) is 0. The van der Waals surface area contributed by atoms with Gasteiger partial charge in [0.1, 0.15) is 17.5 Å². The predicted molar refractivity (Wildman–Crippen MR) is 138 cm³/mol. The lowest BCUT2D eigenvalue weighted by Crippen LogP contribution is -2.40. The zero-order valence-corrected chi connectivity index (χ0v) is 21.9. The Kier molecular flexibility index (Phi) is 7.58. The topological polar surface area (TPSA) is 105 Å². The third-order valence-corrected chi connectivity index (χ3v) is 6.86. The van der Waals surface area contributed by atoms with Crippen molar-refractivity contribution in [2.45, 2.75) is 19.9 Å². The molecule has 1 aliphatic rings. The number of nitrogens with zero attached hydrogens (tertiary/aromatic N) is 2. The quantitative estimate of drug-likeness (QED) is 0.439. The number of carbonyl (C=O) groups excluding carboxylic acids is 2. The number of fused-ring (bicyclic) bond motifs is 1. The van der Waals surface area contributed by atoms with Gasteiger partial charge in [0, 0.05) is 5.56 Å². The van der Waals surface area contributed by atoms with E-state index in [0.29, 0.717) is 37.7 Å². The Bertz CT molecular complexity index is 1570. The van der Waals surface area contributed by atoms with Crippen LogP contribution >= 0.6 is 11.3 Å². The minimum atomic E-state index is -0.843. The fourth-order valence-electron chi connectivity index (χ4n) is 4.12. The zero-order chi connectivity index (χ0) is 26.7. The van der Waals surface area contributed by atoms with Crippen molar-refractivity contribution in [3.8, 4) is 11.5 Å². The number of allylic oxidation sites excluding steroid dienone is 1. The second-order valence-electron chi connectivity index (χ2n) is 8.02. The second-order valence-corrected chi connectivity index (χ2v) is 9.03. The van der Waals surface area contributed by atoms with Gasteiger partial charge < -0.3 is 18.9 Å². The maximum Gasteiger partial charge on any atom is 0.338 e. The maximum absolute atomic E-state index is 13.8. The van der Waals surface area contributed by atoms with Gasteiger partial charge in [0.2, 0.25) is 0 Å². The first-order valence-electron chi connectivity index (χ1n) is 11.4. The van der Waals surface area contributed by atoms with Crippen LogP contribution in [0.25, 0.3) is 6.08 Å². The Morgan fingerprint density at radius 3 is 2.41 bits per heavy atom. The van der Waals surface area contributed by atoms with Crippen LogP contribution in [-0.4, -0.2) is 44.4 Å². The van der Waals surface area contributed by atoms with Gasteiger partial charge in [0.25, 0.3) is 5.56 Å². The smallest absolute Gasteiger partial charge is 0.338 e. The molecule has 0 aliphatic carbocycles. The first-order chi connectivity index (χ1) is 17.8. The molecule has 0 N–H and O–H groups in total. The monoisotopic (exact) mass is 522 g/mol. The summed E-state index contributed by atoms with van der Waals surface area (Å²) < 4.78 is 23.0. The molecule has 1 aliphatic heterocycles. The molecule has 4 rings (SSSR count). The summed E-state index contributed by atoms with van der Waals surface area (Å²) >= 11 is 1.20. The second kappa shape index (κ2) is 10.8. The van der Waals surface area contributed by atoms with E-state index in [-0.39, 0.29) is 17.7 Å². The number of rotatable bonds is 7. The van der Waals surface area contributed by atoms with Crippen molar-refractivity contribution in [2.75, 3.05) is 27.9 Å². The van der Waals surface area contributed by atoms with Crippen molar-refractivity contribution in [1.29, 1.82) is 0 Å². The third kappa shape index (κ3) is 4.92. The fraction of sp³-hybridized carbons (Fsp3) is 0.259. The molecule has 0 radical (unpaired) electrons. The van der Waals surface area contributed by atoms with Gasteiger partial charge in [-0.1, -0.05) is 23.5 Å². The highest BCUT2D eigenvalue weighted by atomic mass is 32.1. The summed E-state index contributed by atoms with van der Waals surface area (Å²) in [6.07, 6.45) is 1.72. The van der Waals surface area contributed by atoms with Gasteiger partial charge in [0.15, 0.2) is 4.80 Å². The van der Waals surface area contributed by atoms with Crippen LogP contribution in [0.4, 0.5) is 0 Å². The molecule has 0 saturated carbocycles. The van der Waals surface area contributed by atoms with E-state index in [1.807, 2.05) is 0 Å². The highest BCUT2D eigenvalue weighted by molar-refractivity contribution is 7.07. The van der Waals surface area contributed by atoms with Gasteiger partial charge in [-0.25, -0.2) is 14.6 Å². The van der Waals surface area contributed by atoms with E-state index in [9.17, 15) is 14.4 Å². The lowest BCUT2D eigenvalue weighted by atomic mass is 9.94. The Morgan fingerprint density at radius 2 is 1.78 bits per heavy atom. The van der Waals surface area contributed by atoms with E-state index in [0.717, 1.165) is 5.56 Å². The highest BCUT2D eigenvalue weighted by Gasteiger charge is 2.35. The van der Waals surface area contributed by atoms with E-state index in [1.54, 1.807) is 62.4 Å². The zero-order valence-electron chi connectivity index (χ0n) is 21.1. The molecule has 1 atom stereocenters. The number of esters is 2. The molecule has 0 bridgehead atoms. The molecule has 0 spiro atoms. The maximum atomic E-state index is 13.8. The lowest BCUT2D eigenvalue weighted by Gasteiger charge is -2.26. The van der Waals surface area contributed by atoms with Crippen LogP contribution in [0.3, 0.4) is 0 Å². The first-order valence-corrected chi connectivity index (χ1v) is 12.2. The number of methoxy groups -OCH3 is 3. The standard InChI is InChI=1S/C27H26N2O7S/c1-6-36-26(32)22-15(2)28-27-29(23(22)19-14-18(33-3)11-12-20(19)34-4)24(30)21(37-27)13-16-7-9-17(10-8-16)25(31)35-5/h7-14,23H,6H2,1-5H3/b21-13+/t23-/m1/s1. The molecule has 9 nitrogen and oxygen atoms in total. The fourth-order valence-corrected chi connectivity index (χ4v) is 5.17. The SMILES string of the molecule is CCOC(=O)C1=C(C)N=c2s/c(=C/c3ccc(C(=O)OC)cc3)c(=O)n2[C@@H]1c1cc(OC)ccc1OC. The Balaban J connectivity index is 1.94. The number of ether oxygens (including phenoxy) is 4. The van der Waals surface area contributed by atoms with Crippen LogP contribution in [0.2, 0.25) is 0 Å². The molecule has 10 heteroatoms. The van der Waals surface area contributed by atoms with Crippen molar-refractivity contribution in [1.82, 2.24) is 4.57 Å². The molecule has 2 aromatic carbocycles. The first kappa shape index (κ1) is 25.9. The molecule has 1 aromatic heterocycles. The van der Waals surface area contributed by atoms with E-state index in [1.165, 1.54) is 37.2 Å². The summed E-state index contributed by atoms with van der Waals surface area (Å²) in [6.45, 7) is 3.60. The normalized spacial score (nSPS) is 15.1. The van der Waals surface area contributed by atoms with Gasteiger partial charge >= 0.3 is 11.9 Å². The molecular weight excluding hydrogens is 496 g/mol. The van der Waals surface area contributed by atoms with Crippen LogP contribution in [0.15, 0.2) is 63.5 Å². The Hall–Kier alpha value is -4.18. The van der Waals surface area contributed by atoms with Crippen molar-refractivity contribution in [3.05, 3.63) is 90.1 Å². The molecule has 192 valence electrons.